The van der Waals surface area contributed by atoms with Crippen LogP contribution in [0.1, 0.15) is 21.5 Å². The number of aliphatic hydroxyl groups excluding tert-OH is 1. The molecule has 1 N–H and O–H groups in total. The summed E-state index contributed by atoms with van der Waals surface area (Å²) >= 11 is 0. The zero-order valence-corrected chi connectivity index (χ0v) is 12.8. The maximum absolute atomic E-state index is 12.7. The van der Waals surface area contributed by atoms with Crippen LogP contribution < -0.4 is 4.74 Å². The van der Waals surface area contributed by atoms with E-state index in [9.17, 15) is 9.90 Å². The zero-order valence-electron chi connectivity index (χ0n) is 12.8. The fourth-order valence-corrected chi connectivity index (χ4v) is 2.26. The number of carbonyl (C=O) groups excluding carboxylic acids is 1. The molecule has 2 aromatic rings. The Morgan fingerprint density at radius 2 is 2.18 bits per heavy atom. The van der Waals surface area contributed by atoms with Gasteiger partial charge in [0.2, 0.25) is 0 Å². The molecule has 2 rings (SSSR count). The Hall–Kier alpha value is -2.40. The predicted molar refractivity (Wildman–Crippen MR) is 83.8 cm³/mol. The highest BCUT2D eigenvalue weighted by Crippen LogP contribution is 2.19. The van der Waals surface area contributed by atoms with Gasteiger partial charge in [-0.15, -0.1) is 0 Å². The topological polar surface area (TPSA) is 62.7 Å². The molecule has 0 saturated heterocycles. The van der Waals surface area contributed by atoms with Gasteiger partial charge < -0.3 is 14.7 Å². The second kappa shape index (κ2) is 7.56. The number of pyridine rings is 1. The molecule has 0 spiro atoms. The predicted octanol–water partition coefficient (Wildman–Crippen LogP) is 2.03. The van der Waals surface area contributed by atoms with Crippen molar-refractivity contribution >= 4 is 5.91 Å². The Kier molecular flexibility index (Phi) is 5.49. The van der Waals surface area contributed by atoms with Crippen LogP contribution in [0.15, 0.2) is 42.7 Å². The van der Waals surface area contributed by atoms with Gasteiger partial charge in [0.05, 0.1) is 13.7 Å². The lowest BCUT2D eigenvalue weighted by Gasteiger charge is -2.23. The lowest BCUT2D eigenvalue weighted by Crippen LogP contribution is -2.33. The van der Waals surface area contributed by atoms with E-state index in [-0.39, 0.29) is 19.1 Å². The van der Waals surface area contributed by atoms with Crippen LogP contribution in [0.4, 0.5) is 0 Å². The maximum Gasteiger partial charge on any atom is 0.254 e. The van der Waals surface area contributed by atoms with Gasteiger partial charge in [-0.25, -0.2) is 0 Å². The molecule has 0 atom stereocenters. The Bertz CT molecular complexity index is 629. The molecule has 1 aromatic heterocycles. The molecule has 0 unspecified atom stereocenters. The summed E-state index contributed by atoms with van der Waals surface area (Å²) in [5.74, 6) is 0.605. The molecule has 116 valence electrons. The van der Waals surface area contributed by atoms with E-state index >= 15 is 0 Å². The quantitative estimate of drug-likeness (QED) is 0.886. The number of aryl methyl sites for hydroxylation is 1. The van der Waals surface area contributed by atoms with Gasteiger partial charge in [-0.3, -0.25) is 9.78 Å². The minimum Gasteiger partial charge on any atom is -0.497 e. The van der Waals surface area contributed by atoms with Crippen molar-refractivity contribution in [3.05, 3.63) is 59.4 Å². The van der Waals surface area contributed by atoms with Gasteiger partial charge in [-0.2, -0.15) is 0 Å². The first-order chi connectivity index (χ1) is 10.7. The summed E-state index contributed by atoms with van der Waals surface area (Å²) in [6.07, 6.45) is 3.41. The molecule has 5 heteroatoms. The molecule has 0 fully saturated rings. The normalized spacial score (nSPS) is 10.3. The third-order valence-electron chi connectivity index (χ3n) is 3.42. The number of carbonyl (C=O) groups is 1. The smallest absolute Gasteiger partial charge is 0.254 e. The van der Waals surface area contributed by atoms with E-state index in [1.165, 1.54) is 0 Å². The molecule has 1 aromatic carbocycles. The summed E-state index contributed by atoms with van der Waals surface area (Å²) in [4.78, 5) is 18.4. The van der Waals surface area contributed by atoms with Crippen LogP contribution in [0, 0.1) is 6.92 Å². The highest BCUT2D eigenvalue weighted by atomic mass is 16.5. The zero-order chi connectivity index (χ0) is 15.9. The monoisotopic (exact) mass is 300 g/mol. The summed E-state index contributed by atoms with van der Waals surface area (Å²) < 4.78 is 5.16. The van der Waals surface area contributed by atoms with Crippen LogP contribution in [0.2, 0.25) is 0 Å². The van der Waals surface area contributed by atoms with Crippen molar-refractivity contribution in [2.45, 2.75) is 13.5 Å². The van der Waals surface area contributed by atoms with Crippen molar-refractivity contribution in [3.63, 3.8) is 0 Å². The first-order valence-corrected chi connectivity index (χ1v) is 7.09. The van der Waals surface area contributed by atoms with Gasteiger partial charge in [0.15, 0.2) is 0 Å². The number of aliphatic hydroxyl groups is 1. The molecule has 0 aliphatic carbocycles. The van der Waals surface area contributed by atoms with Gasteiger partial charge in [-0.05, 0) is 42.3 Å². The van der Waals surface area contributed by atoms with E-state index in [4.69, 9.17) is 4.74 Å². The first-order valence-electron chi connectivity index (χ1n) is 7.09. The highest BCUT2D eigenvalue weighted by molar-refractivity contribution is 5.95. The van der Waals surface area contributed by atoms with Gasteiger partial charge in [-0.1, -0.05) is 6.07 Å². The van der Waals surface area contributed by atoms with Crippen LogP contribution in [0.5, 0.6) is 5.75 Å². The molecule has 1 heterocycles. The van der Waals surface area contributed by atoms with E-state index in [1.54, 1.807) is 36.5 Å². The molecule has 0 saturated carbocycles. The summed E-state index contributed by atoms with van der Waals surface area (Å²) in [6.45, 7) is 2.48. The number of nitrogens with zero attached hydrogens (tertiary/aromatic N) is 2. The number of hydrogen-bond acceptors (Lipinski definition) is 4. The van der Waals surface area contributed by atoms with Crippen LogP contribution >= 0.6 is 0 Å². The fourth-order valence-electron chi connectivity index (χ4n) is 2.26. The molecule has 22 heavy (non-hydrogen) atoms. The molecule has 5 nitrogen and oxygen atoms in total. The van der Waals surface area contributed by atoms with E-state index in [0.29, 0.717) is 12.1 Å². The Balaban J connectivity index is 2.22. The van der Waals surface area contributed by atoms with Gasteiger partial charge in [0.25, 0.3) is 5.91 Å². The molecule has 0 aliphatic heterocycles. The number of benzene rings is 1. The lowest BCUT2D eigenvalue weighted by atomic mass is 10.1. The minimum absolute atomic E-state index is 0.0821. The molecule has 1 amide bonds. The summed E-state index contributed by atoms with van der Waals surface area (Å²) in [7, 11) is 1.59. The summed E-state index contributed by atoms with van der Waals surface area (Å²) in [6, 6.07) is 9.08. The Labute approximate surface area is 130 Å². The summed E-state index contributed by atoms with van der Waals surface area (Å²) in [5.41, 5.74) is 2.38. The van der Waals surface area contributed by atoms with Crippen molar-refractivity contribution in [2.75, 3.05) is 20.3 Å². The number of hydrogen-bond donors (Lipinski definition) is 1. The van der Waals surface area contributed by atoms with Crippen molar-refractivity contribution in [2.24, 2.45) is 0 Å². The van der Waals surface area contributed by atoms with E-state index in [0.717, 1.165) is 16.9 Å². The Morgan fingerprint density at radius 3 is 2.77 bits per heavy atom. The van der Waals surface area contributed by atoms with Gasteiger partial charge in [0.1, 0.15) is 5.75 Å². The van der Waals surface area contributed by atoms with E-state index < -0.39 is 0 Å². The number of methoxy groups -OCH3 is 1. The van der Waals surface area contributed by atoms with Crippen molar-refractivity contribution in [3.8, 4) is 5.75 Å². The lowest BCUT2D eigenvalue weighted by molar-refractivity contribution is 0.0707. The number of ether oxygens (including phenoxy) is 1. The SMILES string of the molecule is COc1ccc(C(=O)N(CCO)Cc2cccnc2)c(C)c1. The standard InChI is InChI=1S/C17H20N2O3/c1-13-10-15(22-2)5-6-16(13)17(21)19(8-9-20)12-14-4-3-7-18-11-14/h3-7,10-11,20H,8-9,12H2,1-2H3. The molecular formula is C17H20N2O3. The fraction of sp³-hybridized carbons (Fsp3) is 0.294. The minimum atomic E-state index is -0.113. The van der Waals surface area contributed by atoms with Crippen molar-refractivity contribution in [1.29, 1.82) is 0 Å². The summed E-state index contributed by atoms with van der Waals surface area (Å²) in [5, 5.41) is 9.23. The second-order valence-electron chi connectivity index (χ2n) is 4.99. The van der Waals surface area contributed by atoms with Crippen LogP contribution in [0.25, 0.3) is 0 Å². The third kappa shape index (κ3) is 3.83. The highest BCUT2D eigenvalue weighted by Gasteiger charge is 2.18. The molecule has 0 bridgehead atoms. The van der Waals surface area contributed by atoms with Gasteiger partial charge in [0, 0.05) is 31.0 Å². The number of rotatable bonds is 6. The number of amides is 1. The van der Waals surface area contributed by atoms with Crippen LogP contribution in [0.3, 0.4) is 0 Å². The average molecular weight is 300 g/mol. The Morgan fingerprint density at radius 1 is 1.36 bits per heavy atom. The third-order valence-corrected chi connectivity index (χ3v) is 3.42. The average Bonchev–Trinajstić information content (AvgIpc) is 2.54. The largest absolute Gasteiger partial charge is 0.497 e. The van der Waals surface area contributed by atoms with Crippen LogP contribution in [-0.2, 0) is 6.54 Å². The molecular weight excluding hydrogens is 280 g/mol. The maximum atomic E-state index is 12.7. The van der Waals surface area contributed by atoms with Gasteiger partial charge >= 0.3 is 0 Å². The first kappa shape index (κ1) is 16.0. The van der Waals surface area contributed by atoms with Crippen molar-refractivity contribution in [1.82, 2.24) is 9.88 Å². The van der Waals surface area contributed by atoms with Crippen LogP contribution in [-0.4, -0.2) is 41.2 Å². The van der Waals surface area contributed by atoms with Crippen molar-refractivity contribution < 1.29 is 14.6 Å². The second-order valence-corrected chi connectivity index (χ2v) is 4.99. The number of aromatic nitrogens is 1. The molecule has 0 aliphatic rings. The van der Waals surface area contributed by atoms with E-state index in [1.807, 2.05) is 25.1 Å². The molecule has 0 radical (unpaired) electrons. The van der Waals surface area contributed by atoms with E-state index in [2.05, 4.69) is 4.98 Å².